The lowest BCUT2D eigenvalue weighted by atomic mass is 10.2. The first kappa shape index (κ1) is 20.9. The largest absolute Gasteiger partial charge is 0.411 e. The summed E-state index contributed by atoms with van der Waals surface area (Å²) in [6.07, 6.45) is 0. The Hall–Kier alpha value is -3.02. The van der Waals surface area contributed by atoms with Crippen LogP contribution < -0.4 is 10.2 Å². The van der Waals surface area contributed by atoms with E-state index in [2.05, 4.69) is 25.4 Å². The van der Waals surface area contributed by atoms with Crippen LogP contribution >= 0.6 is 23.1 Å². The fourth-order valence-corrected chi connectivity index (χ4v) is 4.80. The molecule has 0 radical (unpaired) electrons. The number of thiazole rings is 1. The highest BCUT2D eigenvalue weighted by atomic mass is 32.2. The first-order valence-corrected chi connectivity index (χ1v) is 11.7. The molecule has 8 nitrogen and oxygen atoms in total. The van der Waals surface area contributed by atoms with Gasteiger partial charge < -0.3 is 19.4 Å². The molecule has 4 aromatic rings. The molecule has 3 heterocycles. The Morgan fingerprint density at radius 3 is 2.78 bits per heavy atom. The number of hydrogen-bond donors (Lipinski definition) is 1. The third-order valence-electron chi connectivity index (χ3n) is 4.77. The third-order valence-corrected chi connectivity index (χ3v) is 6.66. The van der Waals surface area contributed by atoms with E-state index in [4.69, 9.17) is 9.15 Å². The van der Waals surface area contributed by atoms with Crippen molar-refractivity contribution >= 4 is 50.0 Å². The molecule has 0 saturated carbocycles. The number of halogens is 1. The van der Waals surface area contributed by atoms with Crippen LogP contribution in [-0.2, 0) is 9.53 Å². The smallest absolute Gasteiger partial charge is 0.277 e. The van der Waals surface area contributed by atoms with Crippen molar-refractivity contribution in [3.8, 4) is 11.5 Å². The van der Waals surface area contributed by atoms with Crippen LogP contribution in [0.25, 0.3) is 21.7 Å². The lowest BCUT2D eigenvalue weighted by Crippen LogP contribution is -2.36. The van der Waals surface area contributed by atoms with Crippen LogP contribution in [0.1, 0.15) is 0 Å². The van der Waals surface area contributed by atoms with Crippen LogP contribution in [0.3, 0.4) is 0 Å². The summed E-state index contributed by atoms with van der Waals surface area (Å²) in [4.78, 5) is 19.3. The first-order chi connectivity index (χ1) is 15.6. The Labute approximate surface area is 190 Å². The van der Waals surface area contributed by atoms with E-state index < -0.39 is 0 Å². The van der Waals surface area contributed by atoms with E-state index in [0.717, 1.165) is 40.2 Å². The highest BCUT2D eigenvalue weighted by Crippen LogP contribution is 2.31. The Bertz CT molecular complexity index is 1240. The molecule has 164 valence electrons. The van der Waals surface area contributed by atoms with Gasteiger partial charge in [0.1, 0.15) is 5.82 Å². The van der Waals surface area contributed by atoms with Gasteiger partial charge in [-0.2, -0.15) is 0 Å². The number of nitrogens with one attached hydrogen (secondary N) is 1. The molecule has 11 heteroatoms. The second-order valence-electron chi connectivity index (χ2n) is 7.00. The van der Waals surface area contributed by atoms with Gasteiger partial charge in [-0.15, -0.1) is 10.2 Å². The molecule has 32 heavy (non-hydrogen) atoms. The Balaban J connectivity index is 1.19. The molecule has 0 aliphatic carbocycles. The van der Waals surface area contributed by atoms with E-state index in [-0.39, 0.29) is 28.6 Å². The quantitative estimate of drug-likeness (QED) is 0.421. The predicted molar refractivity (Wildman–Crippen MR) is 122 cm³/mol. The van der Waals surface area contributed by atoms with Crippen molar-refractivity contribution in [2.45, 2.75) is 5.22 Å². The monoisotopic (exact) mass is 471 g/mol. The summed E-state index contributed by atoms with van der Waals surface area (Å²) >= 11 is 2.74. The van der Waals surface area contributed by atoms with Gasteiger partial charge in [0.25, 0.3) is 5.22 Å². The van der Waals surface area contributed by atoms with Gasteiger partial charge in [0.15, 0.2) is 5.13 Å². The van der Waals surface area contributed by atoms with Crippen LogP contribution in [0, 0.1) is 5.82 Å². The van der Waals surface area contributed by atoms with E-state index >= 15 is 0 Å². The highest BCUT2D eigenvalue weighted by Gasteiger charge is 2.16. The lowest BCUT2D eigenvalue weighted by molar-refractivity contribution is -0.113. The molecular formula is C21H18FN5O3S2. The Morgan fingerprint density at radius 2 is 1.97 bits per heavy atom. The predicted octanol–water partition coefficient (Wildman–Crippen LogP) is 4.05. The van der Waals surface area contributed by atoms with Crippen molar-refractivity contribution in [1.82, 2.24) is 15.2 Å². The standard InChI is InChI=1S/C21H18FN5O3S2/c22-14-3-1-13(2-4-14)19-25-26-21(30-19)31-12-18(28)23-15-5-6-16-17(11-15)32-20(24-16)27-7-9-29-10-8-27/h1-6,11H,7-10,12H2,(H,23,28). The van der Waals surface area contributed by atoms with Gasteiger partial charge in [-0.05, 0) is 42.5 Å². The summed E-state index contributed by atoms with van der Waals surface area (Å²) in [6.45, 7) is 3.08. The highest BCUT2D eigenvalue weighted by molar-refractivity contribution is 7.99. The van der Waals surface area contributed by atoms with E-state index in [1.165, 1.54) is 12.1 Å². The number of hydrogen-bond acceptors (Lipinski definition) is 9. The number of amides is 1. The summed E-state index contributed by atoms with van der Waals surface area (Å²) in [7, 11) is 0. The number of rotatable bonds is 6. The number of anilines is 2. The van der Waals surface area contributed by atoms with Crippen LogP contribution in [-0.4, -0.2) is 53.1 Å². The molecule has 1 fully saturated rings. The van der Waals surface area contributed by atoms with Crippen molar-refractivity contribution in [1.29, 1.82) is 0 Å². The molecule has 2 aromatic heterocycles. The van der Waals surface area contributed by atoms with Gasteiger partial charge in [-0.3, -0.25) is 4.79 Å². The lowest BCUT2D eigenvalue weighted by Gasteiger charge is -2.25. The second kappa shape index (κ2) is 9.23. The zero-order valence-electron chi connectivity index (χ0n) is 16.8. The van der Waals surface area contributed by atoms with Gasteiger partial charge in [0.2, 0.25) is 11.8 Å². The second-order valence-corrected chi connectivity index (χ2v) is 8.93. The maximum atomic E-state index is 13.0. The van der Waals surface area contributed by atoms with Crippen molar-refractivity contribution in [3.63, 3.8) is 0 Å². The fraction of sp³-hybridized carbons (Fsp3) is 0.238. The number of morpholine rings is 1. The number of ether oxygens (including phenoxy) is 1. The molecule has 1 amide bonds. The first-order valence-electron chi connectivity index (χ1n) is 9.89. The number of nitrogens with zero attached hydrogens (tertiary/aromatic N) is 4. The number of carbonyl (C=O) groups is 1. The Kier molecular flexibility index (Phi) is 6.02. The van der Waals surface area contributed by atoms with Crippen molar-refractivity contribution in [2.24, 2.45) is 0 Å². The van der Waals surface area contributed by atoms with Gasteiger partial charge in [-0.1, -0.05) is 23.1 Å². The summed E-state index contributed by atoms with van der Waals surface area (Å²) in [5.74, 6) is -0.132. The van der Waals surface area contributed by atoms with Gasteiger partial charge >= 0.3 is 0 Å². The van der Waals surface area contributed by atoms with Crippen molar-refractivity contribution < 1.29 is 18.3 Å². The van der Waals surface area contributed by atoms with Crippen LogP contribution in [0.5, 0.6) is 0 Å². The Morgan fingerprint density at radius 1 is 1.16 bits per heavy atom. The summed E-state index contributed by atoms with van der Waals surface area (Å²) < 4.78 is 25.0. The minimum absolute atomic E-state index is 0.116. The average molecular weight is 472 g/mol. The molecule has 0 bridgehead atoms. The average Bonchev–Trinajstić information content (AvgIpc) is 3.46. The minimum Gasteiger partial charge on any atom is -0.411 e. The molecule has 5 rings (SSSR count). The number of carbonyl (C=O) groups excluding carboxylic acids is 1. The summed E-state index contributed by atoms with van der Waals surface area (Å²) in [5.41, 5.74) is 2.23. The normalized spacial score (nSPS) is 14.1. The number of benzene rings is 2. The van der Waals surface area contributed by atoms with Gasteiger partial charge in [0, 0.05) is 24.3 Å². The van der Waals surface area contributed by atoms with E-state index in [1.54, 1.807) is 23.5 Å². The van der Waals surface area contributed by atoms with E-state index in [9.17, 15) is 9.18 Å². The molecule has 1 aliphatic rings. The van der Waals surface area contributed by atoms with Crippen molar-refractivity contribution in [3.05, 3.63) is 48.3 Å². The fourth-order valence-electron chi connectivity index (χ4n) is 3.18. The van der Waals surface area contributed by atoms with Crippen LogP contribution in [0.2, 0.25) is 0 Å². The van der Waals surface area contributed by atoms with Crippen LogP contribution in [0.4, 0.5) is 15.2 Å². The minimum atomic E-state index is -0.339. The van der Waals surface area contributed by atoms with E-state index in [0.29, 0.717) is 24.5 Å². The zero-order valence-corrected chi connectivity index (χ0v) is 18.4. The molecule has 0 unspecified atom stereocenters. The molecule has 0 spiro atoms. The van der Waals surface area contributed by atoms with E-state index in [1.807, 2.05) is 18.2 Å². The molecular weight excluding hydrogens is 453 g/mol. The molecule has 0 atom stereocenters. The topological polar surface area (TPSA) is 93.4 Å². The molecule has 1 aliphatic heterocycles. The molecule has 1 N–H and O–H groups in total. The zero-order chi connectivity index (χ0) is 21.9. The SMILES string of the molecule is O=C(CSc1nnc(-c2ccc(F)cc2)o1)Nc1ccc2nc(N3CCOCC3)sc2c1. The van der Waals surface area contributed by atoms with Gasteiger partial charge in [0.05, 0.1) is 29.2 Å². The number of aromatic nitrogens is 3. The number of fused-ring (bicyclic) bond motifs is 1. The molecule has 1 saturated heterocycles. The number of thioether (sulfide) groups is 1. The van der Waals surface area contributed by atoms with Crippen molar-refractivity contribution in [2.75, 3.05) is 42.3 Å². The maximum Gasteiger partial charge on any atom is 0.277 e. The summed E-state index contributed by atoms with van der Waals surface area (Å²) in [5, 5.41) is 12.0. The molecule has 2 aromatic carbocycles. The summed E-state index contributed by atoms with van der Waals surface area (Å²) in [6, 6.07) is 11.4. The third kappa shape index (κ3) is 4.74. The van der Waals surface area contributed by atoms with Gasteiger partial charge in [-0.25, -0.2) is 9.37 Å². The maximum absolute atomic E-state index is 13.0. The van der Waals surface area contributed by atoms with Crippen LogP contribution in [0.15, 0.2) is 52.1 Å².